The Morgan fingerprint density at radius 3 is 2.26 bits per heavy atom. The van der Waals surface area contributed by atoms with Crippen LogP contribution in [0.15, 0.2) is 78.0 Å². The van der Waals surface area contributed by atoms with E-state index in [1.54, 1.807) is 67.6 Å². The van der Waals surface area contributed by atoms with Crippen molar-refractivity contribution in [2.75, 3.05) is 29.5 Å². The molecule has 0 fully saturated rings. The van der Waals surface area contributed by atoms with Crippen LogP contribution in [0.1, 0.15) is 45.2 Å². The lowest BCUT2D eigenvalue weighted by Crippen LogP contribution is -2.41. The molecule has 0 unspecified atom stereocenters. The van der Waals surface area contributed by atoms with Crippen molar-refractivity contribution in [2.45, 2.75) is 26.3 Å². The summed E-state index contributed by atoms with van der Waals surface area (Å²) < 4.78 is 4.95. The minimum atomic E-state index is -0.441. The predicted molar refractivity (Wildman–Crippen MR) is 146 cm³/mol. The van der Waals surface area contributed by atoms with E-state index in [0.29, 0.717) is 41.1 Å². The molecule has 0 spiro atoms. The average Bonchev–Trinajstić information content (AvgIpc) is 3.21. The molecule has 3 aromatic carbocycles. The molecule has 39 heavy (non-hydrogen) atoms. The molecule has 1 aliphatic heterocycles. The number of urea groups is 1. The monoisotopic (exact) mass is 528 g/mol. The fourth-order valence-electron chi connectivity index (χ4n) is 4.31. The van der Waals surface area contributed by atoms with Crippen molar-refractivity contribution in [3.8, 4) is 0 Å². The zero-order chi connectivity index (χ0) is 27.8. The largest absolute Gasteiger partial charge is 0.466 e. The molecule has 4 amide bonds. The molecule has 0 aliphatic carbocycles. The molecule has 0 aromatic heterocycles. The number of fused-ring (bicyclic) bond motifs is 1. The first kappa shape index (κ1) is 27.2. The summed E-state index contributed by atoms with van der Waals surface area (Å²) in [6.45, 7) is 2.20. The van der Waals surface area contributed by atoms with Crippen LogP contribution in [0.2, 0.25) is 0 Å². The summed E-state index contributed by atoms with van der Waals surface area (Å²) in [5.41, 5.74) is 3.27. The minimum absolute atomic E-state index is 0.0760. The molecule has 0 bridgehead atoms. The van der Waals surface area contributed by atoms with E-state index >= 15 is 0 Å². The molecule has 1 N–H and O–H groups in total. The van der Waals surface area contributed by atoms with Gasteiger partial charge in [-0.25, -0.2) is 9.69 Å². The maximum atomic E-state index is 13.1. The fraction of sp³-hybridized carbons (Fsp3) is 0.241. The Morgan fingerprint density at radius 1 is 0.923 bits per heavy atom. The second-order valence-electron chi connectivity index (χ2n) is 8.80. The maximum absolute atomic E-state index is 13.1. The van der Waals surface area contributed by atoms with Gasteiger partial charge in [0.05, 0.1) is 36.5 Å². The van der Waals surface area contributed by atoms with Gasteiger partial charge in [-0.2, -0.15) is 4.91 Å². The van der Waals surface area contributed by atoms with E-state index in [9.17, 15) is 24.1 Å². The third kappa shape index (κ3) is 6.35. The Kier molecular flexibility index (Phi) is 8.78. The van der Waals surface area contributed by atoms with E-state index in [1.807, 2.05) is 12.1 Å². The first-order valence-corrected chi connectivity index (χ1v) is 12.6. The number of anilines is 2. The van der Waals surface area contributed by atoms with E-state index in [1.165, 1.54) is 4.90 Å². The predicted octanol–water partition coefficient (Wildman–Crippen LogP) is 4.47. The molecular weight excluding hydrogens is 500 g/mol. The molecular formula is C29H28N4O6. The van der Waals surface area contributed by atoms with Crippen molar-refractivity contribution < 1.29 is 23.9 Å². The summed E-state index contributed by atoms with van der Waals surface area (Å²) in [6, 6.07) is 20.2. The van der Waals surface area contributed by atoms with E-state index in [0.717, 1.165) is 10.5 Å². The van der Waals surface area contributed by atoms with Crippen molar-refractivity contribution in [1.29, 1.82) is 0 Å². The first-order chi connectivity index (χ1) is 18.9. The molecule has 3 aromatic rings. The standard InChI is InChI=1S/C29H28N4O6/c1-2-39-26(34)15-12-20-10-13-22(14-11-20)32(17-16-31-38)29(37)30-19-21-6-5-7-23(18-21)33-27(35)24-8-3-4-9-25(24)28(33)36/h3-11,13-14,18H,2,12,15-17,19H2,1H3,(H,30,37). The number of esters is 1. The zero-order valence-corrected chi connectivity index (χ0v) is 21.5. The molecule has 1 aliphatic rings. The smallest absolute Gasteiger partial charge is 0.322 e. The van der Waals surface area contributed by atoms with E-state index in [2.05, 4.69) is 10.5 Å². The van der Waals surface area contributed by atoms with Gasteiger partial charge in [-0.3, -0.25) is 19.3 Å². The highest BCUT2D eigenvalue weighted by Crippen LogP contribution is 2.28. The number of benzene rings is 3. The van der Waals surface area contributed by atoms with Crippen molar-refractivity contribution in [2.24, 2.45) is 5.18 Å². The summed E-state index contributed by atoms with van der Waals surface area (Å²) in [5.74, 6) is -1.06. The Bertz CT molecular complexity index is 1350. The van der Waals surface area contributed by atoms with Gasteiger partial charge in [-0.15, -0.1) is 0 Å². The second kappa shape index (κ2) is 12.6. The molecule has 10 nitrogen and oxygen atoms in total. The van der Waals surface area contributed by atoms with E-state index < -0.39 is 17.8 Å². The Morgan fingerprint density at radius 2 is 1.62 bits per heavy atom. The van der Waals surface area contributed by atoms with E-state index in [4.69, 9.17) is 4.74 Å². The number of hydrogen-bond donors (Lipinski definition) is 1. The summed E-state index contributed by atoms with van der Waals surface area (Å²) in [7, 11) is 0. The quantitative estimate of drug-likeness (QED) is 0.222. The van der Waals surface area contributed by atoms with Crippen molar-refractivity contribution in [1.82, 2.24) is 5.32 Å². The summed E-state index contributed by atoms with van der Waals surface area (Å²) in [6.07, 6.45) is 0.761. The van der Waals surface area contributed by atoms with E-state index in [-0.39, 0.29) is 32.0 Å². The van der Waals surface area contributed by atoms with Gasteiger partial charge in [0.2, 0.25) is 0 Å². The summed E-state index contributed by atoms with van der Waals surface area (Å²) in [4.78, 5) is 63.7. The number of nitrogens with one attached hydrogen (secondary N) is 1. The first-order valence-electron chi connectivity index (χ1n) is 12.6. The van der Waals surface area contributed by atoms with Gasteiger partial charge in [-0.1, -0.05) is 41.6 Å². The number of ether oxygens (including phenoxy) is 1. The number of imide groups is 1. The zero-order valence-electron chi connectivity index (χ0n) is 21.5. The lowest BCUT2D eigenvalue weighted by Gasteiger charge is -2.23. The maximum Gasteiger partial charge on any atom is 0.322 e. The van der Waals surface area contributed by atoms with Crippen molar-refractivity contribution >= 4 is 35.2 Å². The number of amides is 4. The van der Waals surface area contributed by atoms with Gasteiger partial charge < -0.3 is 10.1 Å². The Balaban J connectivity index is 1.42. The number of nitroso groups, excluding NO2 is 1. The highest BCUT2D eigenvalue weighted by Gasteiger charge is 2.36. The third-order valence-electron chi connectivity index (χ3n) is 6.24. The van der Waals surface area contributed by atoms with Crippen LogP contribution in [0.5, 0.6) is 0 Å². The van der Waals surface area contributed by atoms with Gasteiger partial charge in [-0.05, 0) is 60.9 Å². The molecule has 0 atom stereocenters. The number of hydrogen-bond acceptors (Lipinski definition) is 7. The number of rotatable bonds is 11. The topological polar surface area (TPSA) is 125 Å². The van der Waals surface area contributed by atoms with Crippen LogP contribution in [0.25, 0.3) is 0 Å². The summed E-state index contributed by atoms with van der Waals surface area (Å²) >= 11 is 0. The molecule has 1 heterocycles. The molecule has 0 saturated heterocycles. The van der Waals surface area contributed by atoms with Gasteiger partial charge in [0, 0.05) is 18.7 Å². The van der Waals surface area contributed by atoms with Crippen LogP contribution in [0, 0.1) is 4.91 Å². The molecule has 4 rings (SSSR count). The molecule has 0 saturated carbocycles. The van der Waals surface area contributed by atoms with Crippen molar-refractivity contribution in [3.05, 3.63) is 100.0 Å². The van der Waals surface area contributed by atoms with Crippen LogP contribution >= 0.6 is 0 Å². The highest BCUT2D eigenvalue weighted by atomic mass is 16.5. The molecule has 200 valence electrons. The normalized spacial score (nSPS) is 12.2. The summed E-state index contributed by atoms with van der Waals surface area (Å²) in [5, 5.41) is 5.71. The highest BCUT2D eigenvalue weighted by molar-refractivity contribution is 6.34. The van der Waals surface area contributed by atoms with Crippen LogP contribution in [-0.4, -0.2) is 43.5 Å². The third-order valence-corrected chi connectivity index (χ3v) is 6.24. The molecule has 10 heteroatoms. The van der Waals surface area contributed by atoms with Gasteiger partial charge >= 0.3 is 12.0 Å². The van der Waals surface area contributed by atoms with Crippen LogP contribution in [0.4, 0.5) is 16.2 Å². The van der Waals surface area contributed by atoms with Gasteiger partial charge in [0.25, 0.3) is 11.8 Å². The number of carbonyl (C=O) groups excluding carboxylic acids is 4. The van der Waals surface area contributed by atoms with Gasteiger partial charge in [0.1, 0.15) is 0 Å². The minimum Gasteiger partial charge on any atom is -0.466 e. The SMILES string of the molecule is CCOC(=O)CCc1ccc(N(CCN=O)C(=O)NCc2cccc(N3C(=O)c4ccccc4C3=O)c2)cc1. The lowest BCUT2D eigenvalue weighted by molar-refractivity contribution is -0.143. The second-order valence-corrected chi connectivity index (χ2v) is 8.80. The Hall–Kier alpha value is -4.86. The average molecular weight is 529 g/mol. The van der Waals surface area contributed by atoms with Gasteiger partial charge in [0.15, 0.2) is 0 Å². The molecule has 0 radical (unpaired) electrons. The van der Waals surface area contributed by atoms with Crippen LogP contribution in [-0.2, 0) is 22.5 Å². The number of carbonyl (C=O) groups is 4. The number of nitrogens with zero attached hydrogens (tertiary/aromatic N) is 3. The van der Waals surface area contributed by atoms with Crippen LogP contribution in [0.3, 0.4) is 0 Å². The fourth-order valence-corrected chi connectivity index (χ4v) is 4.31. The Labute approximate surface area is 225 Å². The lowest BCUT2D eigenvalue weighted by atomic mass is 10.1. The van der Waals surface area contributed by atoms with Crippen LogP contribution < -0.4 is 15.1 Å². The van der Waals surface area contributed by atoms with Crippen molar-refractivity contribution in [3.63, 3.8) is 0 Å². The number of aryl methyl sites for hydroxylation is 1.